The van der Waals surface area contributed by atoms with Gasteiger partial charge in [-0.1, -0.05) is 0 Å². The van der Waals surface area contributed by atoms with E-state index in [0.717, 1.165) is 25.1 Å². The molecule has 2 aromatic heterocycles. The fourth-order valence-electron chi connectivity index (χ4n) is 4.03. The van der Waals surface area contributed by atoms with E-state index in [-0.39, 0.29) is 11.8 Å². The lowest BCUT2D eigenvalue weighted by Gasteiger charge is -2.25. The molecule has 0 radical (unpaired) electrons. The molecule has 2 atom stereocenters. The van der Waals surface area contributed by atoms with Gasteiger partial charge in [0.2, 0.25) is 5.82 Å². The minimum atomic E-state index is -0.135. The van der Waals surface area contributed by atoms with Crippen molar-refractivity contribution >= 4 is 11.8 Å². The number of hydrogen-bond acceptors (Lipinski definition) is 5. The number of aromatic nitrogens is 5. The maximum atomic E-state index is 12.7. The molecule has 2 aromatic rings. The van der Waals surface area contributed by atoms with Crippen LogP contribution < -0.4 is 5.32 Å². The highest BCUT2D eigenvalue weighted by Gasteiger charge is 2.41. The highest BCUT2D eigenvalue weighted by Crippen LogP contribution is 2.33. The number of likely N-dealkylation sites (tertiary alicyclic amines) is 1. The Hall–Kier alpha value is -2.71. The van der Waals surface area contributed by atoms with E-state index >= 15 is 0 Å². The second-order valence-electron chi connectivity index (χ2n) is 7.61. The molecule has 0 aromatic carbocycles. The van der Waals surface area contributed by atoms with Crippen LogP contribution in [0, 0.1) is 11.8 Å². The Bertz CT molecular complexity index is 882. The van der Waals surface area contributed by atoms with Crippen molar-refractivity contribution in [1.29, 1.82) is 0 Å². The van der Waals surface area contributed by atoms with E-state index in [4.69, 9.17) is 0 Å². The second kappa shape index (κ2) is 5.65. The predicted octanol–water partition coefficient (Wildman–Crippen LogP) is -0.152. The summed E-state index contributed by atoms with van der Waals surface area (Å²) in [5.41, 5.74) is 0.482. The van der Waals surface area contributed by atoms with Gasteiger partial charge in [-0.05, 0) is 30.7 Å². The van der Waals surface area contributed by atoms with Crippen LogP contribution in [0.25, 0.3) is 0 Å². The Balaban J connectivity index is 1.32. The van der Waals surface area contributed by atoms with Crippen LogP contribution >= 0.6 is 0 Å². The maximum absolute atomic E-state index is 12.7. The van der Waals surface area contributed by atoms with Crippen molar-refractivity contribution in [3.05, 3.63) is 29.6 Å². The molecule has 3 aliphatic rings. The smallest absolute Gasteiger partial charge is 0.289 e. The first kappa shape index (κ1) is 15.5. The number of nitrogens with one attached hydrogen (secondary N) is 1. The third-order valence-corrected chi connectivity index (χ3v) is 5.60. The largest absolute Gasteiger partial charge is 0.347 e. The van der Waals surface area contributed by atoms with Gasteiger partial charge >= 0.3 is 0 Å². The Morgan fingerprint density at radius 2 is 1.96 bits per heavy atom. The topological polar surface area (TPSA) is 97.9 Å². The fraction of sp³-hybridized carbons (Fsp3) is 0.588. The van der Waals surface area contributed by atoms with Crippen molar-refractivity contribution in [1.82, 2.24) is 34.8 Å². The first-order valence-corrected chi connectivity index (χ1v) is 9.10. The van der Waals surface area contributed by atoms with E-state index in [1.54, 1.807) is 24.0 Å². The molecule has 1 saturated heterocycles. The van der Waals surface area contributed by atoms with Crippen LogP contribution in [0.2, 0.25) is 0 Å². The van der Waals surface area contributed by atoms with Crippen LogP contribution in [-0.4, -0.2) is 60.4 Å². The highest BCUT2D eigenvalue weighted by atomic mass is 16.2. The lowest BCUT2D eigenvalue weighted by molar-refractivity contribution is 0.0776. The highest BCUT2D eigenvalue weighted by molar-refractivity contribution is 5.92. The van der Waals surface area contributed by atoms with Crippen molar-refractivity contribution in [3.8, 4) is 0 Å². The van der Waals surface area contributed by atoms with Crippen LogP contribution in [0.3, 0.4) is 0 Å². The third-order valence-electron chi connectivity index (χ3n) is 5.60. The van der Waals surface area contributed by atoms with Gasteiger partial charge in [0.25, 0.3) is 11.8 Å². The van der Waals surface area contributed by atoms with E-state index in [2.05, 4.69) is 20.6 Å². The average Bonchev–Trinajstić information content (AvgIpc) is 3.03. The third kappa shape index (κ3) is 2.58. The Morgan fingerprint density at radius 1 is 1.15 bits per heavy atom. The number of nitrogens with zero attached hydrogens (tertiary/aromatic N) is 6. The Labute approximate surface area is 150 Å². The number of carbonyl (C=O) groups is 2. The van der Waals surface area contributed by atoms with Gasteiger partial charge in [0.05, 0.1) is 0 Å². The van der Waals surface area contributed by atoms with Gasteiger partial charge < -0.3 is 14.8 Å². The Kier molecular flexibility index (Phi) is 3.38. The van der Waals surface area contributed by atoms with Crippen molar-refractivity contribution in [2.45, 2.75) is 31.8 Å². The number of rotatable bonds is 3. The molecular weight excluding hydrogens is 334 g/mol. The molecule has 2 aliphatic heterocycles. The van der Waals surface area contributed by atoms with Crippen LogP contribution in [0.15, 0.2) is 12.3 Å². The first-order chi connectivity index (χ1) is 12.6. The molecule has 26 heavy (non-hydrogen) atoms. The molecule has 5 rings (SSSR count). The lowest BCUT2D eigenvalue weighted by Crippen LogP contribution is -2.33. The zero-order valence-electron chi connectivity index (χ0n) is 14.6. The number of amides is 2. The van der Waals surface area contributed by atoms with Gasteiger partial charge in [-0.15, -0.1) is 10.2 Å². The summed E-state index contributed by atoms with van der Waals surface area (Å²) < 4.78 is 3.58. The summed E-state index contributed by atoms with van der Waals surface area (Å²) in [7, 11) is 1.81. The molecule has 0 spiro atoms. The van der Waals surface area contributed by atoms with Gasteiger partial charge in [0.1, 0.15) is 11.5 Å². The summed E-state index contributed by atoms with van der Waals surface area (Å²) in [5.74, 6) is 1.77. The molecule has 9 heteroatoms. The molecule has 1 aliphatic carbocycles. The lowest BCUT2D eigenvalue weighted by atomic mass is 9.89. The molecular formula is C17H21N7O2. The summed E-state index contributed by atoms with van der Waals surface area (Å²) in [4.78, 5) is 26.9. The van der Waals surface area contributed by atoms with E-state index in [1.807, 2.05) is 9.47 Å². The quantitative estimate of drug-likeness (QED) is 0.826. The predicted molar refractivity (Wildman–Crippen MR) is 90.3 cm³/mol. The molecule has 1 saturated carbocycles. The fourth-order valence-corrected chi connectivity index (χ4v) is 4.03. The number of fused-ring (bicyclic) bond motifs is 2. The molecule has 2 fully saturated rings. The van der Waals surface area contributed by atoms with E-state index in [9.17, 15) is 9.59 Å². The van der Waals surface area contributed by atoms with Crippen molar-refractivity contribution in [2.75, 3.05) is 13.1 Å². The monoisotopic (exact) mass is 355 g/mol. The standard InChI is InChI=1S/C17H21N7O2/c1-22-5-4-13(21-22)17(26)23-7-10-6-14-19-20-15(16(25)18-12-2-3-12)24(14)9-11(10)8-23/h4-5,10-12H,2-3,6-9H2,1H3,(H,18,25)/t10-,11-/m0/s1. The van der Waals surface area contributed by atoms with Crippen LogP contribution in [0.1, 0.15) is 39.8 Å². The molecule has 4 heterocycles. The molecule has 9 nitrogen and oxygen atoms in total. The maximum Gasteiger partial charge on any atom is 0.289 e. The van der Waals surface area contributed by atoms with Crippen molar-refractivity contribution in [3.63, 3.8) is 0 Å². The van der Waals surface area contributed by atoms with Crippen LogP contribution in [0.4, 0.5) is 0 Å². The SMILES string of the molecule is Cn1ccc(C(=O)N2C[C@@H]3Cc4nnc(C(=O)NC5CC5)n4C[C@@H]3C2)n1. The van der Waals surface area contributed by atoms with Gasteiger partial charge in [0.15, 0.2) is 0 Å². The molecule has 0 bridgehead atoms. The van der Waals surface area contributed by atoms with Crippen molar-refractivity contribution in [2.24, 2.45) is 18.9 Å². The second-order valence-corrected chi connectivity index (χ2v) is 7.61. The first-order valence-electron chi connectivity index (χ1n) is 9.10. The normalized spacial score (nSPS) is 24.3. The molecule has 0 unspecified atom stereocenters. The zero-order chi connectivity index (χ0) is 17.8. The summed E-state index contributed by atoms with van der Waals surface area (Å²) in [6, 6.07) is 2.05. The molecule has 1 N–H and O–H groups in total. The summed E-state index contributed by atoms with van der Waals surface area (Å²) >= 11 is 0. The minimum Gasteiger partial charge on any atom is -0.347 e. The molecule has 2 amide bonds. The summed E-state index contributed by atoms with van der Waals surface area (Å²) in [6.45, 7) is 2.07. The van der Waals surface area contributed by atoms with Gasteiger partial charge in [-0.2, -0.15) is 5.10 Å². The summed E-state index contributed by atoms with van der Waals surface area (Å²) in [5, 5.41) is 15.5. The summed E-state index contributed by atoms with van der Waals surface area (Å²) in [6.07, 6.45) is 4.62. The van der Waals surface area contributed by atoms with E-state index in [1.165, 1.54) is 0 Å². The zero-order valence-corrected chi connectivity index (χ0v) is 14.6. The molecule has 136 valence electrons. The van der Waals surface area contributed by atoms with Crippen molar-refractivity contribution < 1.29 is 9.59 Å². The number of aryl methyl sites for hydroxylation is 1. The average molecular weight is 355 g/mol. The van der Waals surface area contributed by atoms with Crippen LogP contribution in [-0.2, 0) is 20.0 Å². The number of carbonyl (C=O) groups excluding carboxylic acids is 2. The van der Waals surface area contributed by atoms with Gasteiger partial charge in [-0.3, -0.25) is 14.3 Å². The van der Waals surface area contributed by atoms with E-state index < -0.39 is 0 Å². The van der Waals surface area contributed by atoms with E-state index in [0.29, 0.717) is 49.0 Å². The number of hydrogen-bond donors (Lipinski definition) is 1. The Morgan fingerprint density at radius 3 is 2.69 bits per heavy atom. The minimum absolute atomic E-state index is 0.0255. The van der Waals surface area contributed by atoms with Crippen LogP contribution in [0.5, 0.6) is 0 Å². The van der Waals surface area contributed by atoms with Gasteiger partial charge in [0, 0.05) is 45.3 Å². The van der Waals surface area contributed by atoms with Gasteiger partial charge in [-0.25, -0.2) is 0 Å².